The summed E-state index contributed by atoms with van der Waals surface area (Å²) in [6, 6.07) is 6.67. The largest absolute Gasteiger partial charge is 0.379 e. The van der Waals surface area contributed by atoms with Crippen molar-refractivity contribution in [2.45, 2.75) is 51.9 Å². The van der Waals surface area contributed by atoms with Crippen LogP contribution in [0, 0.1) is 5.82 Å². The number of carbonyl (C=O) groups is 1. The Morgan fingerprint density at radius 1 is 1.12 bits per heavy atom. The molecule has 2 aliphatic rings. The zero-order valence-corrected chi connectivity index (χ0v) is 19.2. The maximum Gasteiger partial charge on any atom is 0.274 e. The summed E-state index contributed by atoms with van der Waals surface area (Å²) in [4.78, 5) is 18.0. The highest BCUT2D eigenvalue weighted by Crippen LogP contribution is 2.29. The van der Waals surface area contributed by atoms with Gasteiger partial charge in [0, 0.05) is 44.0 Å². The van der Waals surface area contributed by atoms with Crippen LogP contribution in [0.4, 0.5) is 4.39 Å². The molecule has 2 aromatic rings. The molecule has 6 nitrogen and oxygen atoms in total. The molecule has 32 heavy (non-hydrogen) atoms. The van der Waals surface area contributed by atoms with Gasteiger partial charge in [-0.3, -0.25) is 9.69 Å². The molecule has 0 N–H and O–H groups in total. The van der Waals surface area contributed by atoms with E-state index >= 15 is 0 Å². The Hall–Kier alpha value is -2.25. The SMILES string of the molecule is CCCCCCN(CCN1CCOCC1)C(=O)c1nn(-c2ccccc2F)c2c1CCC2. The number of hydrogen-bond donors (Lipinski definition) is 0. The second-order valence-electron chi connectivity index (χ2n) is 8.80. The number of hydrogen-bond acceptors (Lipinski definition) is 4. The molecule has 174 valence electrons. The molecule has 1 aliphatic heterocycles. The zero-order valence-electron chi connectivity index (χ0n) is 19.2. The van der Waals surface area contributed by atoms with Crippen LogP contribution in [0.5, 0.6) is 0 Å². The summed E-state index contributed by atoms with van der Waals surface area (Å²) in [5.74, 6) is -0.324. The van der Waals surface area contributed by atoms with E-state index in [2.05, 4.69) is 16.9 Å². The number of benzene rings is 1. The number of morpholine rings is 1. The molecular weight excluding hydrogens is 407 g/mol. The van der Waals surface area contributed by atoms with E-state index < -0.39 is 0 Å². The molecule has 1 aromatic heterocycles. The lowest BCUT2D eigenvalue weighted by molar-refractivity contribution is 0.0323. The van der Waals surface area contributed by atoms with Crippen LogP contribution < -0.4 is 0 Å². The molecule has 1 amide bonds. The maximum absolute atomic E-state index is 14.5. The van der Waals surface area contributed by atoms with Gasteiger partial charge in [-0.05, 0) is 37.8 Å². The van der Waals surface area contributed by atoms with E-state index in [4.69, 9.17) is 4.74 Å². The van der Waals surface area contributed by atoms with Crippen molar-refractivity contribution in [3.63, 3.8) is 0 Å². The van der Waals surface area contributed by atoms with Crippen LogP contribution in [0.25, 0.3) is 5.69 Å². The number of amides is 1. The van der Waals surface area contributed by atoms with Gasteiger partial charge in [0.05, 0.1) is 13.2 Å². The minimum Gasteiger partial charge on any atom is -0.379 e. The Kier molecular flexibility index (Phi) is 7.92. The Balaban J connectivity index is 1.55. The third kappa shape index (κ3) is 5.21. The van der Waals surface area contributed by atoms with E-state index in [9.17, 15) is 9.18 Å². The van der Waals surface area contributed by atoms with Crippen molar-refractivity contribution in [1.82, 2.24) is 19.6 Å². The first-order valence-electron chi connectivity index (χ1n) is 12.1. The van der Waals surface area contributed by atoms with Gasteiger partial charge in [0.2, 0.25) is 0 Å². The molecule has 0 saturated carbocycles. The quantitative estimate of drug-likeness (QED) is 0.525. The van der Waals surface area contributed by atoms with Gasteiger partial charge in [0.1, 0.15) is 11.5 Å². The van der Waals surface area contributed by atoms with E-state index in [1.165, 1.54) is 18.9 Å². The number of aromatic nitrogens is 2. The van der Waals surface area contributed by atoms with Gasteiger partial charge in [0.25, 0.3) is 5.91 Å². The van der Waals surface area contributed by atoms with Crippen LogP contribution in [0.3, 0.4) is 0 Å². The zero-order chi connectivity index (χ0) is 22.3. The van der Waals surface area contributed by atoms with Gasteiger partial charge in [-0.1, -0.05) is 38.3 Å². The summed E-state index contributed by atoms with van der Waals surface area (Å²) in [5.41, 5.74) is 2.92. The fourth-order valence-electron chi connectivity index (χ4n) is 4.71. The van der Waals surface area contributed by atoms with Crippen molar-refractivity contribution in [3.05, 3.63) is 47.0 Å². The lowest BCUT2D eigenvalue weighted by Crippen LogP contribution is -2.43. The van der Waals surface area contributed by atoms with Crippen LogP contribution in [0.1, 0.15) is 60.8 Å². The average molecular weight is 443 g/mol. The lowest BCUT2D eigenvalue weighted by atomic mass is 10.1. The third-order valence-electron chi connectivity index (χ3n) is 6.57. The van der Waals surface area contributed by atoms with E-state index in [0.29, 0.717) is 17.9 Å². The Labute approximate surface area is 190 Å². The van der Waals surface area contributed by atoms with Crippen molar-refractivity contribution in [3.8, 4) is 5.69 Å². The highest BCUT2D eigenvalue weighted by Gasteiger charge is 2.30. The molecule has 1 aromatic carbocycles. The fraction of sp³-hybridized carbons (Fsp3) is 0.600. The van der Waals surface area contributed by atoms with Gasteiger partial charge in [-0.15, -0.1) is 0 Å². The standard InChI is InChI=1S/C25H35FN4O2/c1-2-3-4-7-13-29(15-14-28-16-18-32-19-17-28)25(31)24-20-9-8-12-22(20)30(27-24)23-11-6-5-10-21(23)26/h5-6,10-11H,2-4,7-9,12-19H2,1H3. The number of nitrogens with zero attached hydrogens (tertiary/aromatic N) is 4. The number of para-hydroxylation sites is 1. The number of rotatable bonds is 10. The molecule has 4 rings (SSSR count). The Bertz CT molecular complexity index is 907. The van der Waals surface area contributed by atoms with Crippen LogP contribution in [-0.2, 0) is 17.6 Å². The fourth-order valence-corrected chi connectivity index (χ4v) is 4.71. The van der Waals surface area contributed by atoms with Crippen molar-refractivity contribution in [1.29, 1.82) is 0 Å². The monoisotopic (exact) mass is 442 g/mol. The first-order chi connectivity index (χ1) is 15.7. The highest BCUT2D eigenvalue weighted by molar-refractivity contribution is 5.94. The summed E-state index contributed by atoms with van der Waals surface area (Å²) >= 11 is 0. The molecular formula is C25H35FN4O2. The van der Waals surface area contributed by atoms with Crippen molar-refractivity contribution in [2.75, 3.05) is 45.9 Å². The van der Waals surface area contributed by atoms with E-state index in [1.807, 2.05) is 11.0 Å². The topological polar surface area (TPSA) is 50.6 Å². The molecule has 0 unspecified atom stereocenters. The minimum atomic E-state index is -0.313. The van der Waals surface area contributed by atoms with Crippen molar-refractivity contribution < 1.29 is 13.9 Å². The van der Waals surface area contributed by atoms with E-state index in [1.54, 1.807) is 16.8 Å². The molecule has 2 heterocycles. The van der Waals surface area contributed by atoms with Crippen LogP contribution >= 0.6 is 0 Å². The Morgan fingerprint density at radius 2 is 1.94 bits per heavy atom. The predicted molar refractivity (Wildman–Crippen MR) is 123 cm³/mol. The van der Waals surface area contributed by atoms with E-state index in [-0.39, 0.29) is 11.7 Å². The summed E-state index contributed by atoms with van der Waals surface area (Å²) < 4.78 is 21.6. The number of unbranched alkanes of at least 4 members (excludes halogenated alkanes) is 3. The minimum absolute atomic E-state index is 0.0111. The summed E-state index contributed by atoms with van der Waals surface area (Å²) in [6.07, 6.45) is 7.11. The first-order valence-corrected chi connectivity index (χ1v) is 12.1. The Morgan fingerprint density at radius 3 is 2.72 bits per heavy atom. The molecule has 0 atom stereocenters. The number of fused-ring (bicyclic) bond motifs is 1. The van der Waals surface area contributed by atoms with Gasteiger partial charge in [0.15, 0.2) is 5.69 Å². The normalized spacial score (nSPS) is 16.3. The molecule has 1 saturated heterocycles. The molecule has 7 heteroatoms. The van der Waals surface area contributed by atoms with Gasteiger partial charge in [-0.25, -0.2) is 9.07 Å². The second kappa shape index (κ2) is 11.1. The second-order valence-corrected chi connectivity index (χ2v) is 8.80. The van der Waals surface area contributed by atoms with Gasteiger partial charge in [-0.2, -0.15) is 5.10 Å². The average Bonchev–Trinajstić information content (AvgIpc) is 3.42. The first kappa shape index (κ1) is 22.9. The van der Waals surface area contributed by atoms with E-state index in [0.717, 1.165) is 82.8 Å². The van der Waals surface area contributed by atoms with Gasteiger partial charge >= 0.3 is 0 Å². The highest BCUT2D eigenvalue weighted by atomic mass is 19.1. The van der Waals surface area contributed by atoms with Gasteiger partial charge < -0.3 is 9.64 Å². The maximum atomic E-state index is 14.5. The molecule has 0 radical (unpaired) electrons. The molecule has 1 fully saturated rings. The van der Waals surface area contributed by atoms with Crippen LogP contribution in [-0.4, -0.2) is 71.4 Å². The van der Waals surface area contributed by atoms with Crippen molar-refractivity contribution >= 4 is 5.91 Å². The predicted octanol–water partition coefficient (Wildman–Crippen LogP) is 3.85. The van der Waals surface area contributed by atoms with Crippen LogP contribution in [0.2, 0.25) is 0 Å². The summed E-state index contributed by atoms with van der Waals surface area (Å²) in [5, 5.41) is 4.67. The molecule has 0 bridgehead atoms. The van der Waals surface area contributed by atoms with Crippen LogP contribution in [0.15, 0.2) is 24.3 Å². The summed E-state index contributed by atoms with van der Waals surface area (Å²) in [6.45, 7) is 7.80. The number of carbonyl (C=O) groups excluding carboxylic acids is 1. The summed E-state index contributed by atoms with van der Waals surface area (Å²) in [7, 11) is 0. The molecule has 0 spiro atoms. The number of ether oxygens (including phenoxy) is 1. The number of halogens is 1. The van der Waals surface area contributed by atoms with Crippen molar-refractivity contribution in [2.24, 2.45) is 0 Å². The third-order valence-corrected chi connectivity index (χ3v) is 6.57. The molecule has 1 aliphatic carbocycles. The smallest absolute Gasteiger partial charge is 0.274 e. The lowest BCUT2D eigenvalue weighted by Gasteiger charge is -2.30.